The number of anilines is 1. The summed E-state index contributed by atoms with van der Waals surface area (Å²) in [5.74, 6) is 0. The van der Waals surface area contributed by atoms with Gasteiger partial charge in [-0.25, -0.2) is 0 Å². The Morgan fingerprint density at radius 3 is 2.63 bits per heavy atom. The van der Waals surface area contributed by atoms with Crippen molar-refractivity contribution in [1.82, 2.24) is 4.57 Å². The lowest BCUT2D eigenvalue weighted by Crippen LogP contribution is -1.93. The molecule has 0 aliphatic carbocycles. The molecule has 27 heavy (non-hydrogen) atoms. The number of rotatable bonds is 4. The van der Waals surface area contributed by atoms with Crippen LogP contribution < -0.4 is 5.73 Å². The maximum absolute atomic E-state index is 11.0. The lowest BCUT2D eigenvalue weighted by Gasteiger charge is -2.03. The molecule has 0 saturated carbocycles. The van der Waals surface area contributed by atoms with Gasteiger partial charge in [0.15, 0.2) is 0 Å². The fourth-order valence-electron chi connectivity index (χ4n) is 3.39. The van der Waals surface area contributed by atoms with Gasteiger partial charge in [0, 0.05) is 46.7 Å². The highest BCUT2D eigenvalue weighted by molar-refractivity contribution is 6.09. The first-order valence-electron chi connectivity index (χ1n) is 8.67. The van der Waals surface area contributed by atoms with E-state index in [0.717, 1.165) is 17.5 Å². The first-order valence-corrected chi connectivity index (χ1v) is 8.67. The summed E-state index contributed by atoms with van der Waals surface area (Å²) in [6.07, 6.45) is 1.69. The highest BCUT2D eigenvalue weighted by Crippen LogP contribution is 2.30. The summed E-state index contributed by atoms with van der Waals surface area (Å²) in [5, 5.41) is 13.3. The number of nitro benzene ring substituents is 1. The van der Waals surface area contributed by atoms with E-state index in [9.17, 15) is 10.1 Å². The molecule has 2 N–H and O–H groups in total. The van der Waals surface area contributed by atoms with Crippen molar-refractivity contribution in [2.45, 2.75) is 13.5 Å². The average molecular weight is 358 g/mol. The molecule has 134 valence electrons. The van der Waals surface area contributed by atoms with Gasteiger partial charge >= 0.3 is 0 Å². The van der Waals surface area contributed by atoms with E-state index in [1.54, 1.807) is 6.21 Å². The summed E-state index contributed by atoms with van der Waals surface area (Å²) < 4.78 is 2.28. The van der Waals surface area contributed by atoms with Gasteiger partial charge in [-0.15, -0.1) is 0 Å². The maximum Gasteiger partial charge on any atom is 0.271 e. The van der Waals surface area contributed by atoms with E-state index < -0.39 is 4.92 Å². The number of nitro groups is 1. The molecule has 0 spiro atoms. The standard InChI is InChI=1S/C21H18N4O2/c1-2-24-20-6-4-3-5-16(20)17-11-14(7-10-21(17)24)13-23-19-12-15(25(26)27)8-9-18(19)22/h3-13H,2,22H2,1H3. The number of nitrogens with two attached hydrogens (primary N) is 1. The van der Waals surface area contributed by atoms with E-state index in [4.69, 9.17) is 5.73 Å². The molecular weight excluding hydrogens is 340 g/mol. The molecule has 4 rings (SSSR count). The highest BCUT2D eigenvalue weighted by atomic mass is 16.6. The van der Waals surface area contributed by atoms with E-state index in [2.05, 4.69) is 40.7 Å². The molecule has 0 atom stereocenters. The predicted molar refractivity (Wildman–Crippen MR) is 110 cm³/mol. The Bertz CT molecular complexity index is 1210. The second kappa shape index (κ2) is 6.57. The number of aromatic nitrogens is 1. The summed E-state index contributed by atoms with van der Waals surface area (Å²) in [4.78, 5) is 14.9. The number of non-ortho nitro benzene ring substituents is 1. The summed E-state index contributed by atoms with van der Waals surface area (Å²) in [6, 6.07) is 18.7. The molecule has 0 aliphatic heterocycles. The Morgan fingerprint density at radius 1 is 1.07 bits per heavy atom. The molecule has 3 aromatic carbocycles. The Hall–Kier alpha value is -3.67. The van der Waals surface area contributed by atoms with Crippen LogP contribution in [-0.2, 0) is 6.54 Å². The largest absolute Gasteiger partial charge is 0.397 e. The van der Waals surface area contributed by atoms with Crippen LogP contribution in [0, 0.1) is 10.1 Å². The van der Waals surface area contributed by atoms with Crippen molar-refractivity contribution >= 4 is 45.1 Å². The Balaban J connectivity index is 1.79. The molecular formula is C21H18N4O2. The monoisotopic (exact) mass is 358 g/mol. The van der Waals surface area contributed by atoms with Crippen LogP contribution in [0.2, 0.25) is 0 Å². The number of hydrogen-bond acceptors (Lipinski definition) is 4. The summed E-state index contributed by atoms with van der Waals surface area (Å²) in [7, 11) is 0. The van der Waals surface area contributed by atoms with Crippen LogP contribution >= 0.6 is 0 Å². The van der Waals surface area contributed by atoms with Crippen LogP contribution in [0.1, 0.15) is 12.5 Å². The first kappa shape index (κ1) is 16.8. The molecule has 0 saturated heterocycles. The van der Waals surface area contributed by atoms with Crippen molar-refractivity contribution < 1.29 is 4.92 Å². The third-order valence-electron chi connectivity index (χ3n) is 4.69. The van der Waals surface area contributed by atoms with Gasteiger partial charge in [0.25, 0.3) is 5.69 Å². The van der Waals surface area contributed by atoms with Gasteiger partial charge in [0.05, 0.1) is 16.3 Å². The highest BCUT2D eigenvalue weighted by Gasteiger charge is 2.10. The smallest absolute Gasteiger partial charge is 0.271 e. The zero-order valence-electron chi connectivity index (χ0n) is 14.8. The van der Waals surface area contributed by atoms with Crippen LogP contribution in [0.4, 0.5) is 17.1 Å². The van der Waals surface area contributed by atoms with Crippen molar-refractivity contribution in [3.05, 3.63) is 76.3 Å². The fourth-order valence-corrected chi connectivity index (χ4v) is 3.39. The van der Waals surface area contributed by atoms with E-state index in [-0.39, 0.29) is 5.69 Å². The number of fused-ring (bicyclic) bond motifs is 3. The van der Waals surface area contributed by atoms with Crippen molar-refractivity contribution in [3.8, 4) is 0 Å². The molecule has 1 heterocycles. The number of aliphatic imine (C=N–C) groups is 1. The van der Waals surface area contributed by atoms with Crippen LogP contribution in [0.5, 0.6) is 0 Å². The number of hydrogen-bond donors (Lipinski definition) is 1. The normalized spacial score (nSPS) is 11.6. The molecule has 0 amide bonds. The predicted octanol–water partition coefficient (Wildman–Crippen LogP) is 5.06. The van der Waals surface area contributed by atoms with Crippen molar-refractivity contribution in [2.24, 2.45) is 4.99 Å². The molecule has 0 fully saturated rings. The molecule has 0 aliphatic rings. The molecule has 1 aromatic heterocycles. The lowest BCUT2D eigenvalue weighted by atomic mass is 10.1. The fraction of sp³-hybridized carbons (Fsp3) is 0.0952. The van der Waals surface area contributed by atoms with Crippen LogP contribution in [0.15, 0.2) is 65.7 Å². The van der Waals surface area contributed by atoms with E-state index in [1.807, 2.05) is 18.2 Å². The van der Waals surface area contributed by atoms with Gasteiger partial charge in [-0.05, 0) is 36.8 Å². The van der Waals surface area contributed by atoms with Crippen LogP contribution in [0.3, 0.4) is 0 Å². The number of benzene rings is 3. The van der Waals surface area contributed by atoms with Gasteiger partial charge in [0.1, 0.15) is 0 Å². The Morgan fingerprint density at radius 2 is 1.85 bits per heavy atom. The minimum absolute atomic E-state index is 0.0298. The summed E-state index contributed by atoms with van der Waals surface area (Å²) >= 11 is 0. The summed E-state index contributed by atoms with van der Waals surface area (Å²) in [5.41, 5.74) is 9.95. The molecule has 6 heteroatoms. The Kier molecular flexibility index (Phi) is 4.08. The zero-order chi connectivity index (χ0) is 19.0. The number of aryl methyl sites for hydroxylation is 1. The average Bonchev–Trinajstić information content (AvgIpc) is 3.00. The quantitative estimate of drug-likeness (QED) is 0.239. The van der Waals surface area contributed by atoms with Gasteiger partial charge in [-0.1, -0.05) is 24.3 Å². The minimum atomic E-state index is -0.454. The second-order valence-electron chi connectivity index (χ2n) is 6.30. The molecule has 4 aromatic rings. The maximum atomic E-state index is 11.0. The third-order valence-corrected chi connectivity index (χ3v) is 4.69. The molecule has 0 unspecified atom stereocenters. The first-order chi connectivity index (χ1) is 13.1. The number of para-hydroxylation sites is 1. The van der Waals surface area contributed by atoms with Gasteiger partial charge in [0.2, 0.25) is 0 Å². The van der Waals surface area contributed by atoms with Crippen molar-refractivity contribution in [1.29, 1.82) is 0 Å². The SMILES string of the molecule is CCn1c2ccccc2c2cc(C=Nc3cc([N+](=O)[O-])ccc3N)ccc21. The third kappa shape index (κ3) is 2.91. The topological polar surface area (TPSA) is 86.4 Å². The lowest BCUT2D eigenvalue weighted by molar-refractivity contribution is -0.384. The van der Waals surface area contributed by atoms with Crippen molar-refractivity contribution in [3.63, 3.8) is 0 Å². The van der Waals surface area contributed by atoms with Crippen LogP contribution in [0.25, 0.3) is 21.8 Å². The summed E-state index contributed by atoms with van der Waals surface area (Å²) in [6.45, 7) is 3.02. The Labute approximate surface area is 155 Å². The molecule has 6 nitrogen and oxygen atoms in total. The van der Waals surface area contributed by atoms with E-state index in [0.29, 0.717) is 11.4 Å². The minimum Gasteiger partial charge on any atom is -0.397 e. The number of nitrogen functional groups attached to an aromatic ring is 1. The van der Waals surface area contributed by atoms with Crippen LogP contribution in [-0.4, -0.2) is 15.7 Å². The second-order valence-corrected chi connectivity index (χ2v) is 6.30. The van der Waals surface area contributed by atoms with Gasteiger partial charge in [-0.2, -0.15) is 0 Å². The van der Waals surface area contributed by atoms with Crippen molar-refractivity contribution in [2.75, 3.05) is 5.73 Å². The number of nitrogens with zero attached hydrogens (tertiary/aromatic N) is 3. The van der Waals surface area contributed by atoms with E-state index in [1.165, 1.54) is 34.6 Å². The van der Waals surface area contributed by atoms with Gasteiger partial charge in [-0.3, -0.25) is 15.1 Å². The zero-order valence-corrected chi connectivity index (χ0v) is 14.8. The van der Waals surface area contributed by atoms with E-state index >= 15 is 0 Å². The molecule has 0 radical (unpaired) electrons. The van der Waals surface area contributed by atoms with Gasteiger partial charge < -0.3 is 10.3 Å². The molecule has 0 bridgehead atoms.